The predicted molar refractivity (Wildman–Crippen MR) is 92.7 cm³/mol. The molecule has 0 aliphatic carbocycles. The summed E-state index contributed by atoms with van der Waals surface area (Å²) in [5.74, 6) is -3.09. The zero-order chi connectivity index (χ0) is 20.0. The van der Waals surface area contributed by atoms with E-state index in [1.54, 1.807) is 12.1 Å². The monoisotopic (exact) mass is 377 g/mol. The van der Waals surface area contributed by atoms with Crippen molar-refractivity contribution in [2.75, 3.05) is 38.7 Å². The molecule has 2 rings (SSSR count). The molecule has 10 nitrogen and oxygen atoms in total. The first-order valence-electron chi connectivity index (χ1n) is 7.96. The Labute approximate surface area is 154 Å². The van der Waals surface area contributed by atoms with Crippen LogP contribution in [0.25, 0.3) is 0 Å². The SMILES string of the molecule is COC(=O)C1=C(Nc2ccccc2C(=O)NCC(=O)O)C(=O)N(CCO)C1. The van der Waals surface area contributed by atoms with Crippen molar-refractivity contribution in [2.24, 2.45) is 0 Å². The summed E-state index contributed by atoms with van der Waals surface area (Å²) >= 11 is 0. The average molecular weight is 377 g/mol. The third-order valence-corrected chi connectivity index (χ3v) is 3.79. The zero-order valence-electron chi connectivity index (χ0n) is 14.5. The average Bonchev–Trinajstić information content (AvgIpc) is 2.96. The molecule has 0 radical (unpaired) electrons. The van der Waals surface area contributed by atoms with Crippen LogP contribution in [0.15, 0.2) is 35.5 Å². The van der Waals surface area contributed by atoms with Crippen LogP contribution in [0.4, 0.5) is 5.69 Å². The smallest absolute Gasteiger partial charge is 0.337 e. The quantitative estimate of drug-likeness (QED) is 0.430. The summed E-state index contributed by atoms with van der Waals surface area (Å²) in [6.07, 6.45) is 0. The van der Waals surface area contributed by atoms with Crippen LogP contribution in [-0.4, -0.2) is 72.2 Å². The van der Waals surface area contributed by atoms with E-state index in [1.807, 2.05) is 0 Å². The van der Waals surface area contributed by atoms with E-state index in [4.69, 9.17) is 14.9 Å². The topological polar surface area (TPSA) is 145 Å². The van der Waals surface area contributed by atoms with E-state index < -0.39 is 30.3 Å². The van der Waals surface area contributed by atoms with Crippen LogP contribution in [0.1, 0.15) is 10.4 Å². The first kappa shape index (κ1) is 19.9. The number of methoxy groups -OCH3 is 1. The molecule has 4 N–H and O–H groups in total. The molecule has 27 heavy (non-hydrogen) atoms. The maximum atomic E-state index is 12.5. The molecule has 1 aromatic rings. The lowest BCUT2D eigenvalue weighted by atomic mass is 10.1. The highest BCUT2D eigenvalue weighted by atomic mass is 16.5. The Kier molecular flexibility index (Phi) is 6.50. The Bertz CT molecular complexity index is 803. The molecule has 1 heterocycles. The van der Waals surface area contributed by atoms with Crippen molar-refractivity contribution in [3.63, 3.8) is 0 Å². The van der Waals surface area contributed by atoms with Crippen molar-refractivity contribution < 1.29 is 34.1 Å². The van der Waals surface area contributed by atoms with Gasteiger partial charge in [-0.3, -0.25) is 14.4 Å². The van der Waals surface area contributed by atoms with Crippen LogP contribution in [0, 0.1) is 0 Å². The van der Waals surface area contributed by atoms with Crippen molar-refractivity contribution in [3.05, 3.63) is 41.1 Å². The first-order chi connectivity index (χ1) is 12.9. The summed E-state index contributed by atoms with van der Waals surface area (Å²) in [7, 11) is 1.18. The molecule has 0 bridgehead atoms. The van der Waals surface area contributed by atoms with Gasteiger partial charge in [0.1, 0.15) is 12.2 Å². The Morgan fingerprint density at radius 3 is 2.59 bits per heavy atom. The molecule has 1 aliphatic heterocycles. The van der Waals surface area contributed by atoms with Gasteiger partial charge in [-0.1, -0.05) is 12.1 Å². The van der Waals surface area contributed by atoms with E-state index in [2.05, 4.69) is 10.6 Å². The number of anilines is 1. The first-order valence-corrected chi connectivity index (χ1v) is 7.96. The lowest BCUT2D eigenvalue weighted by Crippen LogP contribution is -2.32. The third-order valence-electron chi connectivity index (χ3n) is 3.79. The Morgan fingerprint density at radius 2 is 1.96 bits per heavy atom. The Morgan fingerprint density at radius 1 is 1.26 bits per heavy atom. The standard InChI is InChI=1S/C17H19N3O7/c1-27-17(26)11-9-20(6-7-21)16(25)14(11)19-12-5-3-2-4-10(12)15(24)18-8-13(22)23/h2-5,19,21H,6-9H2,1H3,(H,18,24)(H,22,23). The van der Waals surface area contributed by atoms with Crippen LogP contribution < -0.4 is 10.6 Å². The zero-order valence-corrected chi connectivity index (χ0v) is 14.5. The van der Waals surface area contributed by atoms with E-state index in [0.29, 0.717) is 0 Å². The van der Waals surface area contributed by atoms with E-state index in [1.165, 1.54) is 24.1 Å². The minimum Gasteiger partial charge on any atom is -0.480 e. The molecule has 0 atom stereocenters. The van der Waals surface area contributed by atoms with Gasteiger partial charge in [-0.2, -0.15) is 0 Å². The van der Waals surface area contributed by atoms with Gasteiger partial charge >= 0.3 is 11.9 Å². The normalized spacial score (nSPS) is 13.6. The minimum atomic E-state index is -1.20. The number of carbonyl (C=O) groups excluding carboxylic acids is 3. The largest absolute Gasteiger partial charge is 0.480 e. The number of hydrogen-bond donors (Lipinski definition) is 4. The van der Waals surface area contributed by atoms with Crippen LogP contribution in [0.5, 0.6) is 0 Å². The van der Waals surface area contributed by atoms with Gasteiger partial charge in [-0.15, -0.1) is 0 Å². The molecule has 144 valence electrons. The number of carboxylic acids is 1. The summed E-state index contributed by atoms with van der Waals surface area (Å²) < 4.78 is 4.70. The van der Waals surface area contributed by atoms with Crippen molar-refractivity contribution >= 4 is 29.4 Å². The highest BCUT2D eigenvalue weighted by Gasteiger charge is 2.34. The number of esters is 1. The van der Waals surface area contributed by atoms with E-state index in [-0.39, 0.29) is 42.2 Å². The summed E-state index contributed by atoms with van der Waals surface area (Å²) in [6.45, 7) is -0.846. The number of benzene rings is 1. The highest BCUT2D eigenvalue weighted by Crippen LogP contribution is 2.24. The van der Waals surface area contributed by atoms with Gasteiger partial charge in [0.2, 0.25) is 0 Å². The second-order valence-corrected chi connectivity index (χ2v) is 5.54. The third kappa shape index (κ3) is 4.61. The molecule has 2 amide bonds. The molecule has 0 unspecified atom stereocenters. The van der Waals surface area contributed by atoms with Gasteiger partial charge in [-0.25, -0.2) is 4.79 Å². The second-order valence-electron chi connectivity index (χ2n) is 5.54. The number of hydrogen-bond acceptors (Lipinski definition) is 7. The summed E-state index contributed by atoms with van der Waals surface area (Å²) in [5.41, 5.74) is 0.324. The van der Waals surface area contributed by atoms with Crippen LogP contribution in [-0.2, 0) is 19.1 Å². The number of ether oxygens (including phenoxy) is 1. The molecule has 0 aromatic heterocycles. The molecule has 10 heteroatoms. The predicted octanol–water partition coefficient (Wildman–Crippen LogP) is -0.825. The van der Waals surface area contributed by atoms with Crippen molar-refractivity contribution in [3.8, 4) is 0 Å². The molecule has 0 saturated heterocycles. The van der Waals surface area contributed by atoms with E-state index in [9.17, 15) is 19.2 Å². The molecular formula is C17H19N3O7. The van der Waals surface area contributed by atoms with Gasteiger partial charge in [0.05, 0.1) is 37.1 Å². The number of nitrogens with one attached hydrogen (secondary N) is 2. The molecule has 0 spiro atoms. The van der Waals surface area contributed by atoms with Gasteiger partial charge in [-0.05, 0) is 12.1 Å². The van der Waals surface area contributed by atoms with Gasteiger partial charge < -0.3 is 30.5 Å². The van der Waals surface area contributed by atoms with E-state index >= 15 is 0 Å². The number of aliphatic hydroxyl groups excluding tert-OH is 1. The number of para-hydroxylation sites is 1. The van der Waals surface area contributed by atoms with Crippen molar-refractivity contribution in [2.45, 2.75) is 0 Å². The summed E-state index contributed by atoms with van der Waals surface area (Å²) in [6, 6.07) is 6.15. The molecular weight excluding hydrogens is 358 g/mol. The number of carbonyl (C=O) groups is 4. The molecule has 0 saturated carbocycles. The number of β-amino-alcohol motifs (C(OH)–C–C–N with tert-alkyl or cyclic N) is 1. The van der Waals surface area contributed by atoms with Gasteiger partial charge in [0.15, 0.2) is 0 Å². The summed E-state index contributed by atoms with van der Waals surface area (Å²) in [5, 5.41) is 22.8. The van der Waals surface area contributed by atoms with Crippen LogP contribution in [0.3, 0.4) is 0 Å². The van der Waals surface area contributed by atoms with Gasteiger partial charge in [0.25, 0.3) is 11.8 Å². The highest BCUT2D eigenvalue weighted by molar-refractivity contribution is 6.10. The number of amides is 2. The maximum absolute atomic E-state index is 12.5. The fraction of sp³-hybridized carbons (Fsp3) is 0.294. The number of nitrogens with zero attached hydrogens (tertiary/aromatic N) is 1. The lowest BCUT2D eigenvalue weighted by molar-refractivity contribution is -0.137. The summed E-state index contributed by atoms with van der Waals surface area (Å²) in [4.78, 5) is 48.6. The number of rotatable bonds is 8. The fourth-order valence-corrected chi connectivity index (χ4v) is 2.52. The second kappa shape index (κ2) is 8.81. The number of aliphatic carboxylic acids is 1. The van der Waals surface area contributed by atoms with Crippen LogP contribution in [0.2, 0.25) is 0 Å². The molecule has 0 fully saturated rings. The molecule has 1 aromatic carbocycles. The number of aliphatic hydroxyl groups is 1. The Hall–Kier alpha value is -3.40. The van der Waals surface area contributed by atoms with E-state index in [0.717, 1.165) is 0 Å². The van der Waals surface area contributed by atoms with Crippen molar-refractivity contribution in [1.82, 2.24) is 10.2 Å². The molecule has 1 aliphatic rings. The Balaban J connectivity index is 2.33. The maximum Gasteiger partial charge on any atom is 0.337 e. The van der Waals surface area contributed by atoms with Crippen LogP contribution >= 0.6 is 0 Å². The fourth-order valence-electron chi connectivity index (χ4n) is 2.52. The van der Waals surface area contributed by atoms with Crippen molar-refractivity contribution in [1.29, 1.82) is 0 Å². The van der Waals surface area contributed by atoms with Gasteiger partial charge in [0, 0.05) is 6.54 Å². The minimum absolute atomic E-state index is 0.0330. The lowest BCUT2D eigenvalue weighted by Gasteiger charge is -2.16. The number of carboxylic acid groups (broad SMARTS) is 1.